The normalized spacial score (nSPS) is 18.8. The molecule has 0 heterocycles. The second-order valence-electron chi connectivity index (χ2n) is 5.20. The molecule has 0 aliphatic heterocycles. The predicted molar refractivity (Wildman–Crippen MR) is 73.9 cm³/mol. The lowest BCUT2D eigenvalue weighted by Crippen LogP contribution is -2.38. The van der Waals surface area contributed by atoms with Crippen LogP contribution in [0.1, 0.15) is 31.2 Å². The van der Waals surface area contributed by atoms with Crippen LogP contribution in [0.5, 0.6) is 0 Å². The summed E-state index contributed by atoms with van der Waals surface area (Å²) < 4.78 is 1.14. The molecule has 1 aliphatic carbocycles. The second kappa shape index (κ2) is 5.51. The molecule has 0 saturated heterocycles. The number of rotatable bonds is 4. The molecule has 0 atom stereocenters. The van der Waals surface area contributed by atoms with E-state index in [4.69, 9.17) is 0 Å². The lowest BCUT2D eigenvalue weighted by Gasteiger charge is -2.28. The fraction of sp³-hybridized carbons (Fsp3) is 0.571. The topological polar surface area (TPSA) is 23.5 Å². The van der Waals surface area contributed by atoms with Gasteiger partial charge in [-0.05, 0) is 31.5 Å². The highest BCUT2D eigenvalue weighted by molar-refractivity contribution is 9.10. The van der Waals surface area contributed by atoms with Gasteiger partial charge in [0.25, 0.3) is 0 Å². The van der Waals surface area contributed by atoms with Crippen LogP contribution in [0.25, 0.3) is 0 Å². The van der Waals surface area contributed by atoms with Gasteiger partial charge in [0.2, 0.25) is 0 Å². The molecular formula is C14H20BrNO. The number of nitrogens with zero attached hydrogens (tertiary/aromatic N) is 1. The van der Waals surface area contributed by atoms with Gasteiger partial charge in [-0.3, -0.25) is 4.90 Å². The Morgan fingerprint density at radius 2 is 1.94 bits per heavy atom. The van der Waals surface area contributed by atoms with Crippen LogP contribution in [-0.2, 0) is 6.54 Å². The summed E-state index contributed by atoms with van der Waals surface area (Å²) in [7, 11) is 2.08. The van der Waals surface area contributed by atoms with E-state index in [1.165, 1.54) is 18.4 Å². The average Bonchev–Trinajstić information content (AvgIpc) is 2.68. The van der Waals surface area contributed by atoms with E-state index in [0.29, 0.717) is 0 Å². The molecule has 0 aromatic heterocycles. The molecule has 0 radical (unpaired) electrons. The average molecular weight is 298 g/mol. The Kier molecular flexibility index (Phi) is 4.23. The van der Waals surface area contributed by atoms with Gasteiger partial charge in [0.1, 0.15) is 0 Å². The first-order chi connectivity index (χ1) is 8.09. The van der Waals surface area contributed by atoms with Gasteiger partial charge in [-0.15, -0.1) is 0 Å². The molecule has 2 rings (SSSR count). The van der Waals surface area contributed by atoms with Crippen molar-refractivity contribution in [2.24, 2.45) is 0 Å². The lowest BCUT2D eigenvalue weighted by atomic mass is 10.0. The SMILES string of the molecule is CN(Cc1ccccc1Br)CC1(O)CCCC1. The molecule has 1 saturated carbocycles. The van der Waals surface area contributed by atoms with Crippen molar-refractivity contribution >= 4 is 15.9 Å². The third-order valence-electron chi connectivity index (χ3n) is 3.50. The van der Waals surface area contributed by atoms with Crippen LogP contribution >= 0.6 is 15.9 Å². The first-order valence-electron chi connectivity index (χ1n) is 6.23. The molecule has 1 aromatic carbocycles. The number of hydrogen-bond acceptors (Lipinski definition) is 2. The number of aliphatic hydroxyl groups is 1. The highest BCUT2D eigenvalue weighted by Crippen LogP contribution is 2.30. The predicted octanol–water partition coefficient (Wildman–Crippen LogP) is 3.19. The Morgan fingerprint density at radius 3 is 2.59 bits per heavy atom. The maximum absolute atomic E-state index is 10.4. The van der Waals surface area contributed by atoms with E-state index in [0.717, 1.165) is 30.4 Å². The van der Waals surface area contributed by atoms with Gasteiger partial charge < -0.3 is 5.11 Å². The zero-order chi connectivity index (χ0) is 12.3. The second-order valence-corrected chi connectivity index (χ2v) is 6.05. The number of likely N-dealkylation sites (N-methyl/N-ethyl adjacent to an activating group) is 1. The zero-order valence-corrected chi connectivity index (χ0v) is 11.9. The molecule has 2 nitrogen and oxygen atoms in total. The zero-order valence-electron chi connectivity index (χ0n) is 10.3. The van der Waals surface area contributed by atoms with Gasteiger partial charge in [0.05, 0.1) is 5.60 Å². The standard InChI is InChI=1S/C14H20BrNO/c1-16(11-14(17)8-4-5-9-14)10-12-6-2-3-7-13(12)15/h2-3,6-7,17H,4-5,8-11H2,1H3. The van der Waals surface area contributed by atoms with E-state index < -0.39 is 5.60 Å². The Morgan fingerprint density at radius 1 is 1.29 bits per heavy atom. The maximum Gasteiger partial charge on any atom is 0.0774 e. The summed E-state index contributed by atoms with van der Waals surface area (Å²) in [6.45, 7) is 1.65. The van der Waals surface area contributed by atoms with Crippen LogP contribution < -0.4 is 0 Å². The summed E-state index contributed by atoms with van der Waals surface area (Å²) in [5.41, 5.74) is 0.826. The molecule has 0 amide bonds. The van der Waals surface area contributed by atoms with Gasteiger partial charge in [-0.1, -0.05) is 47.0 Å². The van der Waals surface area contributed by atoms with Crippen LogP contribution in [0, 0.1) is 0 Å². The van der Waals surface area contributed by atoms with Gasteiger partial charge in [0, 0.05) is 17.6 Å². The van der Waals surface area contributed by atoms with Crippen molar-refractivity contribution in [2.75, 3.05) is 13.6 Å². The third-order valence-corrected chi connectivity index (χ3v) is 4.27. The van der Waals surface area contributed by atoms with Gasteiger partial charge in [0.15, 0.2) is 0 Å². The maximum atomic E-state index is 10.4. The number of halogens is 1. The molecule has 0 bridgehead atoms. The van der Waals surface area contributed by atoms with E-state index in [9.17, 15) is 5.11 Å². The quantitative estimate of drug-likeness (QED) is 0.923. The van der Waals surface area contributed by atoms with Crippen LogP contribution in [-0.4, -0.2) is 29.2 Å². The molecular weight excluding hydrogens is 278 g/mol. The Balaban J connectivity index is 1.93. The molecule has 0 unspecified atom stereocenters. The first kappa shape index (κ1) is 13.1. The summed E-state index contributed by atoms with van der Waals surface area (Å²) in [6.07, 6.45) is 4.24. The summed E-state index contributed by atoms with van der Waals surface area (Å²) in [4.78, 5) is 2.21. The molecule has 1 aliphatic rings. The largest absolute Gasteiger partial charge is 0.389 e. The minimum absolute atomic E-state index is 0.448. The van der Waals surface area contributed by atoms with Gasteiger partial charge in [-0.2, -0.15) is 0 Å². The molecule has 1 N–H and O–H groups in total. The molecule has 1 fully saturated rings. The third kappa shape index (κ3) is 3.54. The molecule has 17 heavy (non-hydrogen) atoms. The van der Waals surface area contributed by atoms with Crippen molar-refractivity contribution < 1.29 is 5.11 Å². The van der Waals surface area contributed by atoms with Crippen molar-refractivity contribution in [1.82, 2.24) is 4.90 Å². The van der Waals surface area contributed by atoms with E-state index >= 15 is 0 Å². The smallest absolute Gasteiger partial charge is 0.0774 e. The lowest BCUT2D eigenvalue weighted by molar-refractivity contribution is 0.0145. The van der Waals surface area contributed by atoms with Crippen LogP contribution in [0.3, 0.4) is 0 Å². The fourth-order valence-corrected chi connectivity index (χ4v) is 3.08. The van der Waals surface area contributed by atoms with Crippen molar-refractivity contribution in [2.45, 2.75) is 37.8 Å². The summed E-state index contributed by atoms with van der Waals surface area (Å²) in [5.74, 6) is 0. The first-order valence-corrected chi connectivity index (χ1v) is 7.03. The molecule has 1 aromatic rings. The van der Waals surface area contributed by atoms with Crippen molar-refractivity contribution in [3.8, 4) is 0 Å². The minimum Gasteiger partial charge on any atom is -0.389 e. The summed E-state index contributed by atoms with van der Waals surface area (Å²) >= 11 is 3.56. The summed E-state index contributed by atoms with van der Waals surface area (Å²) in [5, 5.41) is 10.4. The summed E-state index contributed by atoms with van der Waals surface area (Å²) in [6, 6.07) is 8.27. The van der Waals surface area contributed by atoms with E-state index in [1.807, 2.05) is 6.07 Å². The van der Waals surface area contributed by atoms with Crippen LogP contribution in [0.2, 0.25) is 0 Å². The van der Waals surface area contributed by atoms with Gasteiger partial charge >= 0.3 is 0 Å². The Labute approximate surface area is 112 Å². The fourth-order valence-electron chi connectivity index (χ4n) is 2.67. The number of hydrogen-bond donors (Lipinski definition) is 1. The van der Waals surface area contributed by atoms with Crippen molar-refractivity contribution in [1.29, 1.82) is 0 Å². The monoisotopic (exact) mass is 297 g/mol. The van der Waals surface area contributed by atoms with E-state index in [1.54, 1.807) is 0 Å². The van der Waals surface area contributed by atoms with E-state index in [2.05, 4.69) is 46.1 Å². The van der Waals surface area contributed by atoms with Crippen molar-refractivity contribution in [3.05, 3.63) is 34.3 Å². The Hall–Kier alpha value is -0.380. The molecule has 0 spiro atoms. The van der Waals surface area contributed by atoms with Crippen molar-refractivity contribution in [3.63, 3.8) is 0 Å². The highest BCUT2D eigenvalue weighted by Gasteiger charge is 2.32. The van der Waals surface area contributed by atoms with Crippen LogP contribution in [0.4, 0.5) is 0 Å². The highest BCUT2D eigenvalue weighted by atomic mass is 79.9. The molecule has 94 valence electrons. The van der Waals surface area contributed by atoms with Gasteiger partial charge in [-0.25, -0.2) is 0 Å². The number of benzene rings is 1. The molecule has 3 heteroatoms. The van der Waals surface area contributed by atoms with Crippen LogP contribution in [0.15, 0.2) is 28.7 Å². The Bertz CT molecular complexity index is 374. The minimum atomic E-state index is -0.448. The van der Waals surface area contributed by atoms with E-state index in [-0.39, 0.29) is 0 Å².